The maximum atomic E-state index is 12.4. The van der Waals surface area contributed by atoms with E-state index in [1.54, 1.807) is 47.7 Å². The number of nitrogens with two attached hydrogens (primary N) is 1. The molecule has 0 aliphatic rings. The highest BCUT2D eigenvalue weighted by Gasteiger charge is 2.13. The fourth-order valence-corrected chi connectivity index (χ4v) is 3.29. The smallest absolute Gasteiger partial charge is 0.251 e. The molecule has 0 bridgehead atoms. The number of carbonyl (C=O) groups is 2. The Balaban J connectivity index is 1.75. The highest BCUT2D eigenvalue weighted by atomic mass is 32.1. The molecule has 0 saturated heterocycles. The number of aryl methyl sites for hydroxylation is 1. The molecule has 1 heterocycles. The van der Waals surface area contributed by atoms with Crippen molar-refractivity contribution in [2.45, 2.75) is 19.9 Å². The van der Waals surface area contributed by atoms with Crippen LogP contribution >= 0.6 is 11.3 Å². The predicted molar refractivity (Wildman–Crippen MR) is 95.2 cm³/mol. The molecule has 3 N–H and O–H groups in total. The zero-order valence-corrected chi connectivity index (χ0v) is 14.2. The van der Waals surface area contributed by atoms with E-state index >= 15 is 0 Å². The Morgan fingerprint density at radius 1 is 1.12 bits per heavy atom. The Morgan fingerprint density at radius 2 is 1.79 bits per heavy atom. The molecule has 0 aliphatic heterocycles. The summed E-state index contributed by atoms with van der Waals surface area (Å²) in [6.45, 7) is 3.84. The molecule has 1 aromatic heterocycles. The quantitative estimate of drug-likeness (QED) is 0.765. The first-order valence-electron chi connectivity index (χ1n) is 7.52. The lowest BCUT2D eigenvalue weighted by Gasteiger charge is -2.14. The van der Waals surface area contributed by atoms with Gasteiger partial charge in [-0.15, -0.1) is 11.3 Å². The second-order valence-corrected chi connectivity index (χ2v) is 6.83. The molecule has 5 nitrogen and oxygen atoms in total. The highest BCUT2D eigenvalue weighted by Crippen LogP contribution is 2.23. The number of fused-ring (bicyclic) bond motifs is 1. The molecule has 3 rings (SSSR count). The Morgan fingerprint density at radius 3 is 2.46 bits per heavy atom. The number of carbonyl (C=O) groups excluding carboxylic acids is 2. The molecule has 0 radical (unpaired) electrons. The molecular weight excluding hydrogens is 322 g/mol. The Bertz CT molecular complexity index is 916. The molecule has 24 heavy (non-hydrogen) atoms. The molecule has 2 amide bonds. The van der Waals surface area contributed by atoms with E-state index in [0.29, 0.717) is 11.1 Å². The van der Waals surface area contributed by atoms with Gasteiger partial charge in [0.2, 0.25) is 5.91 Å². The van der Waals surface area contributed by atoms with Gasteiger partial charge in [-0.1, -0.05) is 12.1 Å². The van der Waals surface area contributed by atoms with Gasteiger partial charge in [0.25, 0.3) is 5.91 Å². The van der Waals surface area contributed by atoms with E-state index in [1.807, 2.05) is 19.9 Å². The average Bonchev–Trinajstić information content (AvgIpc) is 2.93. The van der Waals surface area contributed by atoms with E-state index in [0.717, 1.165) is 20.8 Å². The van der Waals surface area contributed by atoms with Crippen molar-refractivity contribution in [3.63, 3.8) is 0 Å². The molecule has 1 unspecified atom stereocenters. The molecule has 2 aromatic carbocycles. The Hall–Kier alpha value is -2.73. The lowest BCUT2D eigenvalue weighted by molar-refractivity contribution is 0.0938. The minimum absolute atomic E-state index is 0.158. The van der Waals surface area contributed by atoms with E-state index in [2.05, 4.69) is 10.3 Å². The first-order valence-corrected chi connectivity index (χ1v) is 8.33. The standard InChI is InChI=1S/C18H17N3O2S/c1-10(12-3-5-13(6-4-12)17(19)22)20-18(23)14-7-8-16-15(9-14)21-11(2)24-16/h3-10H,1-2H3,(H2,19,22)(H,20,23). The van der Waals surface area contributed by atoms with Crippen molar-refractivity contribution in [2.75, 3.05) is 0 Å². The summed E-state index contributed by atoms with van der Waals surface area (Å²) in [6.07, 6.45) is 0. The van der Waals surface area contributed by atoms with Crippen molar-refractivity contribution in [3.05, 3.63) is 64.2 Å². The largest absolute Gasteiger partial charge is 0.366 e. The lowest BCUT2D eigenvalue weighted by Crippen LogP contribution is -2.26. The summed E-state index contributed by atoms with van der Waals surface area (Å²) in [6, 6.07) is 12.2. The molecule has 0 aliphatic carbocycles. The predicted octanol–water partition coefficient (Wildman–Crippen LogP) is 3.19. The van der Waals surface area contributed by atoms with Gasteiger partial charge in [0, 0.05) is 11.1 Å². The van der Waals surface area contributed by atoms with Crippen LogP contribution in [0.15, 0.2) is 42.5 Å². The van der Waals surface area contributed by atoms with Gasteiger partial charge in [-0.25, -0.2) is 4.98 Å². The number of benzene rings is 2. The average molecular weight is 339 g/mol. The summed E-state index contributed by atoms with van der Waals surface area (Å²) in [5.74, 6) is -0.626. The van der Waals surface area contributed by atoms with Crippen LogP contribution in [-0.2, 0) is 0 Å². The van der Waals surface area contributed by atoms with Crippen molar-refractivity contribution in [1.29, 1.82) is 0 Å². The topological polar surface area (TPSA) is 85.1 Å². The Labute approximate surface area is 143 Å². The molecule has 6 heteroatoms. The number of aromatic nitrogens is 1. The van der Waals surface area contributed by atoms with Crippen molar-refractivity contribution in [3.8, 4) is 0 Å². The second-order valence-electron chi connectivity index (χ2n) is 5.60. The van der Waals surface area contributed by atoms with Crippen LogP contribution < -0.4 is 11.1 Å². The van der Waals surface area contributed by atoms with E-state index in [-0.39, 0.29) is 11.9 Å². The van der Waals surface area contributed by atoms with Crippen LogP contribution in [0.2, 0.25) is 0 Å². The highest BCUT2D eigenvalue weighted by molar-refractivity contribution is 7.18. The maximum absolute atomic E-state index is 12.4. The SMILES string of the molecule is Cc1nc2cc(C(=O)NC(C)c3ccc(C(N)=O)cc3)ccc2s1. The summed E-state index contributed by atoms with van der Waals surface area (Å²) in [5, 5.41) is 3.93. The van der Waals surface area contributed by atoms with Gasteiger partial charge in [0.05, 0.1) is 21.3 Å². The number of hydrogen-bond donors (Lipinski definition) is 2. The fourth-order valence-electron chi connectivity index (χ4n) is 2.48. The van der Waals surface area contributed by atoms with Crippen LogP contribution in [0.5, 0.6) is 0 Å². The minimum atomic E-state index is -0.468. The first kappa shape index (κ1) is 16.1. The van der Waals surface area contributed by atoms with Crippen LogP contribution in [0, 0.1) is 6.92 Å². The number of thiazole rings is 1. The normalized spacial score (nSPS) is 12.1. The zero-order chi connectivity index (χ0) is 17.3. The van der Waals surface area contributed by atoms with E-state index in [9.17, 15) is 9.59 Å². The third-order valence-corrected chi connectivity index (χ3v) is 4.75. The lowest BCUT2D eigenvalue weighted by atomic mass is 10.1. The zero-order valence-electron chi connectivity index (χ0n) is 13.4. The molecule has 0 saturated carbocycles. The maximum Gasteiger partial charge on any atom is 0.251 e. The number of hydrogen-bond acceptors (Lipinski definition) is 4. The monoisotopic (exact) mass is 339 g/mol. The fraction of sp³-hybridized carbons (Fsp3) is 0.167. The van der Waals surface area contributed by atoms with E-state index in [1.165, 1.54) is 0 Å². The number of nitrogens with zero attached hydrogens (tertiary/aromatic N) is 1. The molecule has 122 valence electrons. The number of amides is 2. The first-order chi connectivity index (χ1) is 11.4. The van der Waals surface area contributed by atoms with Crippen LogP contribution in [0.3, 0.4) is 0 Å². The molecule has 0 fully saturated rings. The van der Waals surface area contributed by atoms with E-state index < -0.39 is 5.91 Å². The number of primary amides is 1. The van der Waals surface area contributed by atoms with Gasteiger partial charge in [-0.3, -0.25) is 9.59 Å². The van der Waals surface area contributed by atoms with Gasteiger partial charge in [-0.2, -0.15) is 0 Å². The summed E-state index contributed by atoms with van der Waals surface area (Å²) < 4.78 is 1.07. The van der Waals surface area contributed by atoms with Crippen molar-refractivity contribution >= 4 is 33.4 Å². The van der Waals surface area contributed by atoms with Crippen LogP contribution in [0.1, 0.15) is 44.3 Å². The molecule has 0 spiro atoms. The van der Waals surface area contributed by atoms with Gasteiger partial charge in [-0.05, 0) is 49.7 Å². The van der Waals surface area contributed by atoms with Crippen LogP contribution in [0.25, 0.3) is 10.2 Å². The van der Waals surface area contributed by atoms with Crippen LogP contribution in [-0.4, -0.2) is 16.8 Å². The van der Waals surface area contributed by atoms with Crippen LogP contribution in [0.4, 0.5) is 0 Å². The molecular formula is C18H17N3O2S. The Kier molecular flexibility index (Phi) is 4.31. The summed E-state index contributed by atoms with van der Waals surface area (Å²) in [4.78, 5) is 28.0. The van der Waals surface area contributed by atoms with E-state index in [4.69, 9.17) is 5.73 Å². The molecule has 3 aromatic rings. The van der Waals surface area contributed by atoms with Gasteiger partial charge < -0.3 is 11.1 Å². The van der Waals surface area contributed by atoms with Crippen molar-refractivity contribution < 1.29 is 9.59 Å². The molecule has 1 atom stereocenters. The van der Waals surface area contributed by atoms with Gasteiger partial charge in [0.15, 0.2) is 0 Å². The van der Waals surface area contributed by atoms with Crippen molar-refractivity contribution in [1.82, 2.24) is 10.3 Å². The van der Waals surface area contributed by atoms with Gasteiger partial charge in [0.1, 0.15) is 0 Å². The third kappa shape index (κ3) is 3.28. The summed E-state index contributed by atoms with van der Waals surface area (Å²) in [7, 11) is 0. The number of nitrogens with one attached hydrogen (secondary N) is 1. The minimum Gasteiger partial charge on any atom is -0.366 e. The van der Waals surface area contributed by atoms with Gasteiger partial charge >= 0.3 is 0 Å². The number of rotatable bonds is 4. The summed E-state index contributed by atoms with van der Waals surface area (Å²) >= 11 is 1.61. The summed E-state index contributed by atoms with van der Waals surface area (Å²) in [5.41, 5.74) is 7.99. The third-order valence-electron chi connectivity index (χ3n) is 3.80. The van der Waals surface area contributed by atoms with Crippen molar-refractivity contribution in [2.24, 2.45) is 5.73 Å². The second kappa shape index (κ2) is 6.41.